The first-order chi connectivity index (χ1) is 8.42. The molecule has 1 aromatic carbocycles. The molecule has 2 rings (SSSR count). The molecule has 0 radical (unpaired) electrons. The molecule has 0 saturated heterocycles. The van der Waals surface area contributed by atoms with Crippen molar-refractivity contribution in [3.05, 3.63) is 29.8 Å². The van der Waals surface area contributed by atoms with E-state index in [1.165, 1.54) is 0 Å². The Balaban J connectivity index is 2.23. The van der Waals surface area contributed by atoms with Crippen molar-refractivity contribution in [2.24, 2.45) is 11.1 Å². The monoisotopic (exact) mass is 265 g/mol. The molecule has 18 heavy (non-hydrogen) atoms. The van der Waals surface area contributed by atoms with Crippen LogP contribution in [0.4, 0.5) is 0 Å². The van der Waals surface area contributed by atoms with Gasteiger partial charge < -0.3 is 5.73 Å². The van der Waals surface area contributed by atoms with Gasteiger partial charge in [-0.05, 0) is 42.9 Å². The zero-order valence-corrected chi connectivity index (χ0v) is 12.3. The van der Waals surface area contributed by atoms with Crippen molar-refractivity contribution in [3.63, 3.8) is 0 Å². The van der Waals surface area contributed by atoms with Crippen LogP contribution in [0.3, 0.4) is 0 Å². The van der Waals surface area contributed by atoms with Crippen LogP contribution in [0.1, 0.15) is 38.7 Å². The fourth-order valence-corrected chi connectivity index (χ4v) is 4.64. The lowest BCUT2D eigenvalue weighted by Gasteiger charge is -2.41. The lowest BCUT2D eigenvalue weighted by Crippen LogP contribution is -2.51. The molecule has 2 nitrogen and oxygen atoms in total. The fourth-order valence-electron chi connectivity index (χ4n) is 2.76. The quantitative estimate of drug-likeness (QED) is 0.893. The summed E-state index contributed by atoms with van der Waals surface area (Å²) in [5, 5.41) is 0.0931. The lowest BCUT2D eigenvalue weighted by molar-refractivity contribution is 0.206. The van der Waals surface area contributed by atoms with E-state index in [0.717, 1.165) is 29.7 Å². The van der Waals surface area contributed by atoms with E-state index in [4.69, 9.17) is 5.73 Å². The van der Waals surface area contributed by atoms with E-state index in [2.05, 4.69) is 13.8 Å². The maximum atomic E-state index is 12.7. The molecular formula is C15H23NOS. The summed E-state index contributed by atoms with van der Waals surface area (Å²) in [5.74, 6) is 0. The number of aryl methyl sites for hydroxylation is 1. The molecule has 0 aromatic heterocycles. The SMILES string of the molecule is Cc1cccc(S(=O)C2CCCC(C)(C)C2N)c1. The average Bonchev–Trinajstić information content (AvgIpc) is 2.32. The summed E-state index contributed by atoms with van der Waals surface area (Å²) >= 11 is 0. The van der Waals surface area contributed by atoms with E-state index in [1.54, 1.807) is 0 Å². The second-order valence-electron chi connectivity index (χ2n) is 6.06. The van der Waals surface area contributed by atoms with Crippen LogP contribution in [0.2, 0.25) is 0 Å². The molecule has 1 fully saturated rings. The number of nitrogens with two attached hydrogens (primary N) is 1. The lowest BCUT2D eigenvalue weighted by atomic mass is 9.73. The van der Waals surface area contributed by atoms with Crippen LogP contribution in [-0.2, 0) is 10.8 Å². The minimum atomic E-state index is -0.982. The summed E-state index contributed by atoms with van der Waals surface area (Å²) in [6.07, 6.45) is 3.24. The van der Waals surface area contributed by atoms with Crippen molar-refractivity contribution < 1.29 is 4.21 Å². The van der Waals surface area contributed by atoms with Gasteiger partial charge in [0.2, 0.25) is 0 Å². The van der Waals surface area contributed by atoms with Crippen LogP contribution >= 0.6 is 0 Å². The van der Waals surface area contributed by atoms with Gasteiger partial charge in [-0.15, -0.1) is 0 Å². The maximum Gasteiger partial charge on any atom is 0.0576 e. The minimum Gasteiger partial charge on any atom is -0.326 e. The molecule has 1 saturated carbocycles. The summed E-state index contributed by atoms with van der Waals surface area (Å²) in [6, 6.07) is 8.00. The van der Waals surface area contributed by atoms with Gasteiger partial charge in [0.05, 0.1) is 16.0 Å². The first-order valence-corrected chi connectivity index (χ1v) is 7.86. The first kappa shape index (κ1) is 13.8. The van der Waals surface area contributed by atoms with Gasteiger partial charge in [-0.1, -0.05) is 32.4 Å². The Morgan fingerprint density at radius 1 is 1.39 bits per heavy atom. The Morgan fingerprint density at radius 3 is 2.78 bits per heavy atom. The van der Waals surface area contributed by atoms with Gasteiger partial charge in [0.15, 0.2) is 0 Å². The molecule has 3 atom stereocenters. The third-order valence-corrected chi connectivity index (χ3v) is 5.91. The van der Waals surface area contributed by atoms with Crippen LogP contribution < -0.4 is 5.73 Å². The number of hydrogen-bond donors (Lipinski definition) is 1. The minimum absolute atomic E-state index is 0.0209. The zero-order valence-electron chi connectivity index (χ0n) is 11.5. The zero-order chi connectivity index (χ0) is 13.3. The van der Waals surface area contributed by atoms with E-state index in [1.807, 2.05) is 31.2 Å². The van der Waals surface area contributed by atoms with Gasteiger partial charge in [-0.25, -0.2) is 0 Å². The topological polar surface area (TPSA) is 43.1 Å². The van der Waals surface area contributed by atoms with E-state index < -0.39 is 10.8 Å². The Bertz CT molecular complexity index is 456. The van der Waals surface area contributed by atoms with Crippen LogP contribution in [0.5, 0.6) is 0 Å². The van der Waals surface area contributed by atoms with Crippen molar-refractivity contribution in [1.29, 1.82) is 0 Å². The standard InChI is InChI=1S/C15H23NOS/c1-11-6-4-7-12(10-11)18(17)13-8-5-9-15(2,3)14(13)16/h4,6-7,10,13-14H,5,8-9,16H2,1-3H3. The molecular weight excluding hydrogens is 242 g/mol. The van der Waals surface area contributed by atoms with Crippen LogP contribution in [0, 0.1) is 12.3 Å². The van der Waals surface area contributed by atoms with Crippen LogP contribution in [-0.4, -0.2) is 15.5 Å². The smallest absolute Gasteiger partial charge is 0.0576 e. The molecule has 3 heteroatoms. The average molecular weight is 265 g/mol. The van der Waals surface area contributed by atoms with E-state index in [-0.39, 0.29) is 16.7 Å². The Labute approximate surface area is 112 Å². The molecule has 0 heterocycles. The predicted molar refractivity (Wildman–Crippen MR) is 77.0 cm³/mol. The second kappa shape index (κ2) is 5.14. The summed E-state index contributed by atoms with van der Waals surface area (Å²) in [6.45, 7) is 6.42. The Morgan fingerprint density at radius 2 is 2.11 bits per heavy atom. The first-order valence-electron chi connectivity index (χ1n) is 6.65. The van der Waals surface area contributed by atoms with Gasteiger partial charge in [0.1, 0.15) is 0 Å². The van der Waals surface area contributed by atoms with Crippen molar-refractivity contribution >= 4 is 10.8 Å². The molecule has 0 amide bonds. The highest BCUT2D eigenvalue weighted by Crippen LogP contribution is 2.37. The summed E-state index contributed by atoms with van der Waals surface area (Å²) in [7, 11) is -0.982. The third kappa shape index (κ3) is 2.67. The molecule has 1 aliphatic rings. The van der Waals surface area contributed by atoms with Crippen molar-refractivity contribution in [1.82, 2.24) is 0 Å². The van der Waals surface area contributed by atoms with Crippen molar-refractivity contribution in [3.8, 4) is 0 Å². The van der Waals surface area contributed by atoms with E-state index in [0.29, 0.717) is 0 Å². The second-order valence-corrected chi connectivity index (χ2v) is 7.73. The van der Waals surface area contributed by atoms with Crippen molar-refractivity contribution in [2.45, 2.75) is 56.2 Å². The Hall–Kier alpha value is -0.670. The molecule has 3 unspecified atom stereocenters. The highest BCUT2D eigenvalue weighted by atomic mass is 32.2. The molecule has 0 bridgehead atoms. The predicted octanol–water partition coefficient (Wildman–Crippen LogP) is 3.01. The van der Waals surface area contributed by atoms with Gasteiger partial charge in [0.25, 0.3) is 0 Å². The fraction of sp³-hybridized carbons (Fsp3) is 0.600. The van der Waals surface area contributed by atoms with E-state index in [9.17, 15) is 4.21 Å². The third-order valence-electron chi connectivity index (χ3n) is 4.11. The largest absolute Gasteiger partial charge is 0.326 e. The number of hydrogen-bond acceptors (Lipinski definition) is 2. The van der Waals surface area contributed by atoms with E-state index >= 15 is 0 Å². The summed E-state index contributed by atoms with van der Waals surface area (Å²) < 4.78 is 12.7. The molecule has 1 aliphatic carbocycles. The van der Waals surface area contributed by atoms with Gasteiger partial charge in [-0.3, -0.25) is 4.21 Å². The molecule has 0 aliphatic heterocycles. The molecule has 0 spiro atoms. The number of benzene rings is 1. The highest BCUT2D eigenvalue weighted by Gasteiger charge is 2.39. The molecule has 1 aromatic rings. The normalized spacial score (nSPS) is 28.9. The van der Waals surface area contributed by atoms with Gasteiger partial charge >= 0.3 is 0 Å². The molecule has 100 valence electrons. The van der Waals surface area contributed by atoms with Crippen LogP contribution in [0.25, 0.3) is 0 Å². The Kier molecular flexibility index (Phi) is 3.93. The highest BCUT2D eigenvalue weighted by molar-refractivity contribution is 7.85. The van der Waals surface area contributed by atoms with Gasteiger partial charge in [0, 0.05) is 10.9 Å². The summed E-state index contributed by atoms with van der Waals surface area (Å²) in [4.78, 5) is 0.924. The maximum absolute atomic E-state index is 12.7. The van der Waals surface area contributed by atoms with Crippen molar-refractivity contribution in [2.75, 3.05) is 0 Å². The molecule has 2 N–H and O–H groups in total. The number of rotatable bonds is 2. The summed E-state index contributed by atoms with van der Waals surface area (Å²) in [5.41, 5.74) is 7.60. The van der Waals surface area contributed by atoms with Gasteiger partial charge in [-0.2, -0.15) is 0 Å². The van der Waals surface area contributed by atoms with Crippen LogP contribution in [0.15, 0.2) is 29.2 Å².